The van der Waals surface area contributed by atoms with Crippen molar-refractivity contribution < 1.29 is 8.42 Å². The average Bonchev–Trinajstić information content (AvgIpc) is 3.18. The maximum Gasteiger partial charge on any atom is 0.264 e. The lowest BCUT2D eigenvalue weighted by Gasteiger charge is -2.30. The molecule has 0 atom stereocenters. The van der Waals surface area contributed by atoms with Crippen LogP contribution >= 0.6 is 11.3 Å². The molecule has 0 N–H and O–H groups in total. The number of benzene rings is 1. The largest absolute Gasteiger partial charge is 0.266 e. The van der Waals surface area contributed by atoms with Crippen LogP contribution in [0.5, 0.6) is 0 Å². The van der Waals surface area contributed by atoms with Gasteiger partial charge in [-0.05, 0) is 36.6 Å². The maximum atomic E-state index is 13.3. The second kappa shape index (κ2) is 8.54. The van der Waals surface area contributed by atoms with Gasteiger partial charge in [-0.15, -0.1) is 11.3 Å². The van der Waals surface area contributed by atoms with E-state index in [2.05, 4.69) is 18.1 Å². The molecule has 0 aliphatic carbocycles. The van der Waals surface area contributed by atoms with E-state index in [0.29, 0.717) is 13.8 Å². The van der Waals surface area contributed by atoms with Crippen molar-refractivity contribution in [1.29, 1.82) is 0 Å². The van der Waals surface area contributed by atoms with Gasteiger partial charge in [-0.2, -0.15) is 0 Å². The fourth-order valence-corrected chi connectivity index (χ4v) is 5.34. The molecule has 1 aromatic heterocycles. The van der Waals surface area contributed by atoms with Crippen molar-refractivity contribution in [1.82, 2.24) is 4.98 Å². The van der Waals surface area contributed by atoms with Gasteiger partial charge in [-0.1, -0.05) is 49.0 Å². The highest BCUT2D eigenvalue weighted by atomic mass is 32.2. The summed E-state index contributed by atoms with van der Waals surface area (Å²) in [6.45, 7) is 7.95. The molecular weight excluding hydrogens is 375 g/mol. The molecule has 0 unspecified atom stereocenters. The van der Waals surface area contributed by atoms with E-state index in [-0.39, 0.29) is 4.91 Å². The summed E-state index contributed by atoms with van der Waals surface area (Å²) in [5.41, 5.74) is 2.63. The first-order chi connectivity index (χ1) is 13.1. The highest BCUT2D eigenvalue weighted by Gasteiger charge is 2.29. The van der Waals surface area contributed by atoms with Gasteiger partial charge in [0.15, 0.2) is 0 Å². The van der Waals surface area contributed by atoms with Gasteiger partial charge in [0.25, 0.3) is 10.0 Å². The number of hydrogen-bond acceptors (Lipinski definition) is 4. The Labute approximate surface area is 165 Å². The molecule has 2 aromatic rings. The summed E-state index contributed by atoms with van der Waals surface area (Å²) in [6.07, 6.45) is 9.97. The number of anilines is 1. The van der Waals surface area contributed by atoms with Crippen molar-refractivity contribution in [3.05, 3.63) is 89.2 Å². The van der Waals surface area contributed by atoms with Crippen LogP contribution < -0.4 is 9.21 Å². The Bertz CT molecular complexity index is 993. The van der Waals surface area contributed by atoms with Crippen LogP contribution in [0.2, 0.25) is 0 Å². The number of aryl methyl sites for hydroxylation is 1. The lowest BCUT2D eigenvalue weighted by atomic mass is 9.70. The van der Waals surface area contributed by atoms with Crippen molar-refractivity contribution in [3.8, 4) is 0 Å². The lowest BCUT2D eigenvalue weighted by Crippen LogP contribution is -2.36. The van der Waals surface area contributed by atoms with Crippen LogP contribution in [0.15, 0.2) is 83.7 Å². The topological polar surface area (TPSA) is 50.3 Å². The fraction of sp³-hybridized carbons (Fsp3) is 0.150. The van der Waals surface area contributed by atoms with Crippen LogP contribution in [0.3, 0.4) is 0 Å². The third kappa shape index (κ3) is 4.31. The molecule has 1 aliphatic rings. The van der Waals surface area contributed by atoms with Gasteiger partial charge in [0.05, 0.1) is 15.5 Å². The van der Waals surface area contributed by atoms with Gasteiger partial charge < -0.3 is 0 Å². The third-order valence-electron chi connectivity index (χ3n) is 4.36. The Kier molecular flexibility index (Phi) is 6.13. The Morgan fingerprint density at radius 3 is 2.81 bits per heavy atom. The van der Waals surface area contributed by atoms with Crippen LogP contribution in [0, 0.1) is 0 Å². The van der Waals surface area contributed by atoms with E-state index in [1.54, 1.807) is 18.3 Å². The monoisotopic (exact) mass is 396 g/mol. The Morgan fingerprint density at radius 1 is 1.30 bits per heavy atom. The number of rotatable bonds is 7. The standard InChI is InChI=1S/C20H21BN2O2S2/c1-3-8-17(21-20-22-12-14-26-20)15-18(4-2)27(24,25)23-13-7-10-16-9-5-6-11-19(16)23/h3-6,8-9,11-12,14-15,21H,1-2,7,10,13H2/b17-8+,18-15+. The molecule has 0 fully saturated rings. The van der Waals surface area contributed by atoms with E-state index < -0.39 is 10.0 Å². The zero-order valence-corrected chi connectivity index (χ0v) is 16.7. The van der Waals surface area contributed by atoms with Crippen LogP contribution in [-0.4, -0.2) is 27.2 Å². The van der Waals surface area contributed by atoms with Gasteiger partial charge in [0.2, 0.25) is 7.28 Å². The predicted octanol–water partition coefficient (Wildman–Crippen LogP) is 3.13. The minimum Gasteiger partial charge on any atom is -0.266 e. The highest BCUT2D eigenvalue weighted by Crippen LogP contribution is 2.31. The second-order valence-electron chi connectivity index (χ2n) is 6.14. The Hall–Kier alpha value is -2.38. The highest BCUT2D eigenvalue weighted by molar-refractivity contribution is 7.96. The summed E-state index contributed by atoms with van der Waals surface area (Å²) in [5.74, 6) is 0. The predicted molar refractivity (Wildman–Crippen MR) is 116 cm³/mol. The molecule has 0 saturated heterocycles. The van der Waals surface area contributed by atoms with E-state index >= 15 is 0 Å². The summed E-state index contributed by atoms with van der Waals surface area (Å²) in [4.78, 5) is 5.39. The number of nitrogens with zero attached hydrogens (tertiary/aromatic N) is 2. The maximum absolute atomic E-state index is 13.3. The minimum absolute atomic E-state index is 0.184. The van der Waals surface area contributed by atoms with Gasteiger partial charge in [-0.25, -0.2) is 8.42 Å². The van der Waals surface area contributed by atoms with Crippen molar-refractivity contribution in [2.24, 2.45) is 0 Å². The number of thiazole rings is 1. The normalized spacial score (nSPS) is 15.2. The van der Waals surface area contributed by atoms with Gasteiger partial charge in [0.1, 0.15) is 0 Å². The van der Waals surface area contributed by atoms with Crippen LogP contribution in [0.1, 0.15) is 12.0 Å². The number of sulfonamides is 1. The summed E-state index contributed by atoms with van der Waals surface area (Å²) >= 11 is 1.54. The number of aromatic nitrogens is 1. The molecule has 0 radical (unpaired) electrons. The van der Waals surface area contributed by atoms with Crippen LogP contribution in [0.4, 0.5) is 5.69 Å². The summed E-state index contributed by atoms with van der Waals surface area (Å²) in [6, 6.07) is 7.66. The molecule has 0 spiro atoms. The van der Waals surface area contributed by atoms with Crippen LogP contribution in [0.25, 0.3) is 0 Å². The van der Waals surface area contributed by atoms with E-state index in [1.165, 1.54) is 21.7 Å². The molecule has 4 nitrogen and oxygen atoms in total. The zero-order valence-electron chi connectivity index (χ0n) is 15.0. The molecule has 3 rings (SSSR count). The first kappa shape index (κ1) is 19.4. The SMILES string of the molecule is C=C/C=C(Bc1nccs1)\C=C(/C=C)S(=O)(=O)N1CCCc2ccccc21. The Morgan fingerprint density at radius 2 is 2.11 bits per heavy atom. The third-order valence-corrected chi connectivity index (χ3v) is 6.97. The second-order valence-corrected chi connectivity index (χ2v) is 8.98. The zero-order chi connectivity index (χ0) is 19.3. The van der Waals surface area contributed by atoms with E-state index in [4.69, 9.17) is 0 Å². The molecule has 1 aromatic carbocycles. The van der Waals surface area contributed by atoms with Crippen molar-refractivity contribution in [2.75, 3.05) is 10.8 Å². The van der Waals surface area contributed by atoms with Crippen molar-refractivity contribution in [2.45, 2.75) is 12.8 Å². The summed E-state index contributed by atoms with van der Waals surface area (Å²) < 4.78 is 28.2. The minimum atomic E-state index is -3.70. The first-order valence-corrected chi connectivity index (χ1v) is 11.0. The molecule has 0 amide bonds. The lowest BCUT2D eigenvalue weighted by molar-refractivity contribution is 0.593. The molecule has 7 heteroatoms. The van der Waals surface area contributed by atoms with Gasteiger partial charge in [0, 0.05) is 18.1 Å². The number of fused-ring (bicyclic) bond motifs is 1. The Balaban J connectivity index is 1.98. The molecular formula is C20H21BN2O2S2. The molecule has 138 valence electrons. The van der Waals surface area contributed by atoms with E-state index in [9.17, 15) is 8.42 Å². The summed E-state index contributed by atoms with van der Waals surface area (Å²) in [5, 5.41) is 1.90. The molecule has 0 bridgehead atoms. The number of hydrogen-bond donors (Lipinski definition) is 0. The van der Waals surface area contributed by atoms with Crippen LogP contribution in [-0.2, 0) is 16.4 Å². The number of allylic oxidation sites excluding steroid dienone is 5. The number of para-hydroxylation sites is 1. The van der Waals surface area contributed by atoms with Crippen molar-refractivity contribution >= 4 is 39.2 Å². The molecule has 27 heavy (non-hydrogen) atoms. The average molecular weight is 396 g/mol. The smallest absolute Gasteiger partial charge is 0.264 e. The van der Waals surface area contributed by atoms with E-state index in [0.717, 1.165) is 34.5 Å². The molecule has 0 saturated carbocycles. The quantitative estimate of drug-likeness (QED) is 0.534. The molecule has 2 heterocycles. The molecule has 1 aliphatic heterocycles. The van der Waals surface area contributed by atoms with Crippen molar-refractivity contribution in [3.63, 3.8) is 0 Å². The van der Waals surface area contributed by atoms with Gasteiger partial charge in [-0.3, -0.25) is 9.29 Å². The fourth-order valence-electron chi connectivity index (χ4n) is 3.12. The first-order valence-electron chi connectivity index (χ1n) is 8.71. The van der Waals surface area contributed by atoms with E-state index in [1.807, 2.05) is 35.7 Å². The van der Waals surface area contributed by atoms with Gasteiger partial charge >= 0.3 is 0 Å². The summed E-state index contributed by atoms with van der Waals surface area (Å²) in [7, 11) is -3.15.